The molecule has 0 radical (unpaired) electrons. The summed E-state index contributed by atoms with van der Waals surface area (Å²) in [5, 5.41) is 4.88. The van der Waals surface area contributed by atoms with Crippen LogP contribution in [-0.2, 0) is 23.5 Å². The van der Waals surface area contributed by atoms with Crippen LogP contribution in [0.4, 0.5) is 0 Å². The van der Waals surface area contributed by atoms with Crippen molar-refractivity contribution >= 4 is 29.0 Å². The molecular formula is C24H28N2O4S2. The fourth-order valence-corrected chi connectivity index (χ4v) is 5.10. The van der Waals surface area contributed by atoms with E-state index in [0.29, 0.717) is 23.8 Å². The van der Waals surface area contributed by atoms with Crippen molar-refractivity contribution in [1.82, 2.24) is 10.3 Å². The lowest BCUT2D eigenvalue weighted by molar-refractivity contribution is -0.120. The Labute approximate surface area is 197 Å². The molecule has 0 aliphatic carbocycles. The molecule has 32 heavy (non-hydrogen) atoms. The third-order valence-electron chi connectivity index (χ3n) is 4.94. The number of methoxy groups -OCH3 is 3. The Hall–Kier alpha value is -2.71. The molecule has 0 aliphatic rings. The van der Waals surface area contributed by atoms with Crippen molar-refractivity contribution in [2.75, 3.05) is 21.3 Å². The molecule has 0 unspecified atom stereocenters. The summed E-state index contributed by atoms with van der Waals surface area (Å²) in [6, 6.07) is 10.1. The van der Waals surface area contributed by atoms with Crippen LogP contribution in [0.3, 0.4) is 0 Å². The third kappa shape index (κ3) is 6.17. The van der Waals surface area contributed by atoms with Gasteiger partial charge < -0.3 is 19.5 Å². The highest BCUT2D eigenvalue weighted by Crippen LogP contribution is 2.38. The number of hydrogen-bond donors (Lipinski definition) is 1. The summed E-state index contributed by atoms with van der Waals surface area (Å²) in [5.41, 5.74) is 5.49. The first-order valence-corrected chi connectivity index (χ1v) is 12.0. The molecule has 1 heterocycles. The van der Waals surface area contributed by atoms with Gasteiger partial charge in [-0.25, -0.2) is 4.98 Å². The predicted molar refractivity (Wildman–Crippen MR) is 129 cm³/mol. The molecule has 0 atom stereocenters. The molecule has 0 saturated heterocycles. The van der Waals surface area contributed by atoms with Gasteiger partial charge in [0.15, 0.2) is 11.5 Å². The highest BCUT2D eigenvalue weighted by atomic mass is 32.2. The van der Waals surface area contributed by atoms with Crippen molar-refractivity contribution in [3.8, 4) is 17.2 Å². The molecule has 1 aromatic heterocycles. The lowest BCUT2D eigenvalue weighted by Crippen LogP contribution is -2.24. The Morgan fingerprint density at radius 3 is 2.44 bits per heavy atom. The molecule has 6 nitrogen and oxygen atoms in total. The van der Waals surface area contributed by atoms with Gasteiger partial charge >= 0.3 is 0 Å². The number of carbonyl (C=O) groups is 1. The number of nitrogens with one attached hydrogen (secondary N) is 1. The van der Waals surface area contributed by atoms with E-state index in [9.17, 15) is 4.79 Å². The second-order valence-electron chi connectivity index (χ2n) is 7.31. The van der Waals surface area contributed by atoms with Crippen molar-refractivity contribution < 1.29 is 19.0 Å². The van der Waals surface area contributed by atoms with Crippen LogP contribution in [0.25, 0.3) is 0 Å². The zero-order valence-corrected chi connectivity index (χ0v) is 20.6. The molecule has 3 rings (SSSR count). The zero-order valence-electron chi connectivity index (χ0n) is 19.0. The second kappa shape index (κ2) is 11.2. The largest absolute Gasteiger partial charge is 0.493 e. The molecule has 0 aliphatic heterocycles. The average Bonchev–Trinajstić information content (AvgIpc) is 3.24. The Balaban J connectivity index is 1.55. The zero-order chi connectivity index (χ0) is 23.1. The van der Waals surface area contributed by atoms with E-state index < -0.39 is 0 Å². The first-order chi connectivity index (χ1) is 15.4. The summed E-state index contributed by atoms with van der Waals surface area (Å²) < 4.78 is 17.0. The maximum atomic E-state index is 12.4. The van der Waals surface area contributed by atoms with E-state index in [-0.39, 0.29) is 12.3 Å². The molecule has 1 N–H and O–H groups in total. The molecule has 0 saturated carbocycles. The van der Waals surface area contributed by atoms with Gasteiger partial charge in [0.2, 0.25) is 11.7 Å². The Kier molecular flexibility index (Phi) is 8.41. The smallest absolute Gasteiger partial charge is 0.226 e. The van der Waals surface area contributed by atoms with Crippen LogP contribution < -0.4 is 19.5 Å². The second-order valence-corrected chi connectivity index (χ2v) is 9.39. The highest BCUT2D eigenvalue weighted by Gasteiger charge is 2.14. The van der Waals surface area contributed by atoms with E-state index in [4.69, 9.17) is 14.2 Å². The quantitative estimate of drug-likeness (QED) is 0.422. The Morgan fingerprint density at radius 1 is 1.06 bits per heavy atom. The topological polar surface area (TPSA) is 69.7 Å². The lowest BCUT2D eigenvalue weighted by Gasteiger charge is -2.14. The standard InChI is InChI=1S/C24H28N2O4S2/c1-15-6-7-16(2)18(8-15)13-31-24-26-19(14-32-24)11-22(27)25-12-17-9-20(28-3)23(30-5)21(10-17)29-4/h6-10,14H,11-13H2,1-5H3,(H,25,27). The van der Waals surface area contributed by atoms with E-state index in [2.05, 4.69) is 42.3 Å². The number of aromatic nitrogens is 1. The van der Waals surface area contributed by atoms with E-state index >= 15 is 0 Å². The first kappa shape index (κ1) is 23.9. The number of hydrogen-bond acceptors (Lipinski definition) is 7. The fraction of sp³-hybridized carbons (Fsp3) is 0.333. The minimum atomic E-state index is -0.0878. The number of thiazole rings is 1. The van der Waals surface area contributed by atoms with Crippen molar-refractivity contribution in [1.29, 1.82) is 0 Å². The van der Waals surface area contributed by atoms with Crippen LogP contribution in [0.2, 0.25) is 0 Å². The number of ether oxygens (including phenoxy) is 3. The fourth-order valence-electron chi connectivity index (χ4n) is 3.20. The van der Waals surface area contributed by atoms with E-state index in [1.54, 1.807) is 44.4 Å². The predicted octanol–water partition coefficient (Wildman–Crippen LogP) is 4.94. The molecule has 3 aromatic rings. The summed E-state index contributed by atoms with van der Waals surface area (Å²) in [4.78, 5) is 17.1. The van der Waals surface area contributed by atoms with E-state index in [0.717, 1.165) is 21.3 Å². The number of carbonyl (C=O) groups excluding carboxylic acids is 1. The SMILES string of the molecule is COc1cc(CNC(=O)Cc2csc(SCc3cc(C)ccc3C)n2)cc(OC)c1OC. The van der Waals surface area contributed by atoms with Crippen LogP contribution in [0.5, 0.6) is 17.2 Å². The maximum absolute atomic E-state index is 12.4. The van der Waals surface area contributed by atoms with Crippen molar-refractivity contribution in [2.24, 2.45) is 0 Å². The van der Waals surface area contributed by atoms with E-state index in [1.165, 1.54) is 16.7 Å². The molecule has 8 heteroatoms. The van der Waals surface area contributed by atoms with Crippen LogP contribution in [0, 0.1) is 13.8 Å². The summed E-state index contributed by atoms with van der Waals surface area (Å²) in [6.45, 7) is 4.58. The first-order valence-electron chi connectivity index (χ1n) is 10.1. The highest BCUT2D eigenvalue weighted by molar-refractivity contribution is 8.00. The van der Waals surface area contributed by atoms with Gasteiger partial charge in [-0.1, -0.05) is 35.5 Å². The van der Waals surface area contributed by atoms with Gasteiger partial charge in [0.05, 0.1) is 33.4 Å². The van der Waals surface area contributed by atoms with Gasteiger partial charge in [-0.15, -0.1) is 11.3 Å². The Morgan fingerprint density at radius 2 is 1.78 bits per heavy atom. The molecule has 170 valence electrons. The van der Waals surface area contributed by atoms with Gasteiger partial charge in [-0.05, 0) is 42.7 Å². The van der Waals surface area contributed by atoms with Gasteiger partial charge in [0, 0.05) is 17.7 Å². The van der Waals surface area contributed by atoms with Crippen molar-refractivity contribution in [3.05, 3.63) is 63.7 Å². The molecule has 0 spiro atoms. The third-order valence-corrected chi connectivity index (χ3v) is 7.06. The van der Waals surface area contributed by atoms with Crippen molar-refractivity contribution in [2.45, 2.75) is 36.9 Å². The van der Waals surface area contributed by atoms with Crippen LogP contribution in [0.15, 0.2) is 40.1 Å². The van der Waals surface area contributed by atoms with Crippen molar-refractivity contribution in [3.63, 3.8) is 0 Å². The minimum Gasteiger partial charge on any atom is -0.493 e. The molecule has 1 amide bonds. The number of rotatable bonds is 10. The molecule has 0 bridgehead atoms. The molecular weight excluding hydrogens is 444 g/mol. The summed E-state index contributed by atoms with van der Waals surface area (Å²) in [5.74, 6) is 2.42. The van der Waals surface area contributed by atoms with Gasteiger partial charge in [-0.2, -0.15) is 0 Å². The maximum Gasteiger partial charge on any atom is 0.226 e. The van der Waals surface area contributed by atoms with Gasteiger partial charge in [0.25, 0.3) is 0 Å². The number of nitrogens with zero attached hydrogens (tertiary/aromatic N) is 1. The monoisotopic (exact) mass is 472 g/mol. The van der Waals surface area contributed by atoms with E-state index in [1.807, 2.05) is 17.5 Å². The average molecular weight is 473 g/mol. The lowest BCUT2D eigenvalue weighted by atomic mass is 10.1. The van der Waals surface area contributed by atoms with Crippen LogP contribution in [-0.4, -0.2) is 32.2 Å². The molecule has 0 fully saturated rings. The van der Waals surface area contributed by atoms with Gasteiger partial charge in [-0.3, -0.25) is 4.79 Å². The summed E-state index contributed by atoms with van der Waals surface area (Å²) in [7, 11) is 4.69. The normalized spacial score (nSPS) is 10.7. The van der Waals surface area contributed by atoms with Crippen LogP contribution in [0.1, 0.15) is 27.9 Å². The molecule has 2 aromatic carbocycles. The number of benzene rings is 2. The Bertz CT molecular complexity index is 1060. The number of amides is 1. The minimum absolute atomic E-state index is 0.0878. The number of thioether (sulfide) groups is 1. The van der Waals surface area contributed by atoms with Gasteiger partial charge in [0.1, 0.15) is 4.34 Å². The summed E-state index contributed by atoms with van der Waals surface area (Å²) >= 11 is 3.28. The summed E-state index contributed by atoms with van der Waals surface area (Å²) in [6.07, 6.45) is 0.241. The van der Waals surface area contributed by atoms with Crippen LogP contribution >= 0.6 is 23.1 Å². The number of aryl methyl sites for hydroxylation is 2.